The molecule has 1 aliphatic heterocycles. The minimum Gasteiger partial charge on any atom is -0.383 e. The highest BCUT2D eigenvalue weighted by molar-refractivity contribution is 5.57. The van der Waals surface area contributed by atoms with Crippen LogP contribution in [0.1, 0.15) is 26.3 Å². The molecule has 2 N–H and O–H groups in total. The van der Waals surface area contributed by atoms with Crippen molar-refractivity contribution < 1.29 is 0 Å². The number of rotatable bonds is 2. The lowest BCUT2D eigenvalue weighted by atomic mass is 9.99. The monoisotopic (exact) mass is 249 g/mol. The normalized spacial score (nSPS) is 20.1. The number of nitrogens with zero attached hydrogens (tertiary/aromatic N) is 4. The van der Waals surface area contributed by atoms with Crippen LogP contribution in [0.2, 0.25) is 0 Å². The van der Waals surface area contributed by atoms with Crippen LogP contribution >= 0.6 is 0 Å². The topological polar surface area (TPSA) is 58.3 Å². The zero-order chi connectivity index (χ0) is 13.3. The number of nitrogens with two attached hydrogens (primary N) is 1. The van der Waals surface area contributed by atoms with Crippen molar-refractivity contribution in [3.63, 3.8) is 0 Å². The van der Waals surface area contributed by atoms with Gasteiger partial charge >= 0.3 is 0 Å². The van der Waals surface area contributed by atoms with E-state index in [0.717, 1.165) is 37.4 Å². The molecule has 2 rings (SSSR count). The Balaban J connectivity index is 2.30. The van der Waals surface area contributed by atoms with Crippen molar-refractivity contribution in [1.82, 2.24) is 14.9 Å². The second-order valence-corrected chi connectivity index (χ2v) is 5.57. The standard InChI is InChI=1S/C13H23N5/c1-5-10-11(14)15-9-16-12(10)18-7-6-17(4)13(2,3)8-18/h9H,5-8H2,1-4H3,(H2,14,15,16). The summed E-state index contributed by atoms with van der Waals surface area (Å²) in [6.07, 6.45) is 2.43. The van der Waals surface area contributed by atoms with Gasteiger partial charge in [0.05, 0.1) is 0 Å². The van der Waals surface area contributed by atoms with E-state index in [1.807, 2.05) is 0 Å². The van der Waals surface area contributed by atoms with E-state index in [4.69, 9.17) is 5.73 Å². The van der Waals surface area contributed by atoms with E-state index >= 15 is 0 Å². The van der Waals surface area contributed by atoms with E-state index in [0.29, 0.717) is 5.82 Å². The Morgan fingerprint density at radius 3 is 2.67 bits per heavy atom. The smallest absolute Gasteiger partial charge is 0.137 e. The maximum Gasteiger partial charge on any atom is 0.137 e. The van der Waals surface area contributed by atoms with E-state index in [1.165, 1.54) is 0 Å². The number of nitrogen functional groups attached to an aromatic ring is 1. The second-order valence-electron chi connectivity index (χ2n) is 5.57. The van der Waals surface area contributed by atoms with Crippen molar-refractivity contribution in [2.24, 2.45) is 0 Å². The fraction of sp³-hybridized carbons (Fsp3) is 0.692. The summed E-state index contributed by atoms with van der Waals surface area (Å²) in [5.41, 5.74) is 7.17. The molecule has 0 radical (unpaired) electrons. The third-order valence-corrected chi connectivity index (χ3v) is 3.93. The molecule has 1 saturated heterocycles. The van der Waals surface area contributed by atoms with E-state index in [1.54, 1.807) is 6.33 Å². The van der Waals surface area contributed by atoms with E-state index in [2.05, 4.69) is 47.6 Å². The number of likely N-dealkylation sites (N-methyl/N-ethyl adjacent to an activating group) is 1. The molecule has 1 fully saturated rings. The average molecular weight is 249 g/mol. The van der Waals surface area contributed by atoms with Crippen molar-refractivity contribution in [2.75, 3.05) is 37.3 Å². The maximum atomic E-state index is 5.95. The highest BCUT2D eigenvalue weighted by Crippen LogP contribution is 2.27. The van der Waals surface area contributed by atoms with Gasteiger partial charge in [0.2, 0.25) is 0 Å². The molecule has 0 aliphatic carbocycles. The third kappa shape index (κ3) is 2.27. The van der Waals surface area contributed by atoms with Gasteiger partial charge in [-0.2, -0.15) is 0 Å². The summed E-state index contributed by atoms with van der Waals surface area (Å²) in [6, 6.07) is 0. The Bertz CT molecular complexity index is 429. The lowest BCUT2D eigenvalue weighted by Crippen LogP contribution is -2.58. The first-order chi connectivity index (χ1) is 8.45. The molecule has 18 heavy (non-hydrogen) atoms. The molecule has 2 heterocycles. The fourth-order valence-corrected chi connectivity index (χ4v) is 2.45. The second kappa shape index (κ2) is 4.72. The Hall–Kier alpha value is -1.36. The van der Waals surface area contributed by atoms with Crippen LogP contribution in [0, 0.1) is 0 Å². The number of hydrogen-bond acceptors (Lipinski definition) is 5. The summed E-state index contributed by atoms with van der Waals surface area (Å²) in [4.78, 5) is 13.2. The minimum absolute atomic E-state index is 0.156. The quantitative estimate of drug-likeness (QED) is 0.852. The summed E-state index contributed by atoms with van der Waals surface area (Å²) in [5.74, 6) is 1.62. The first-order valence-corrected chi connectivity index (χ1v) is 6.51. The molecule has 0 atom stereocenters. The van der Waals surface area contributed by atoms with Crippen LogP contribution in [-0.4, -0.2) is 47.1 Å². The van der Waals surface area contributed by atoms with Gasteiger partial charge in [-0.15, -0.1) is 0 Å². The highest BCUT2D eigenvalue weighted by Gasteiger charge is 2.32. The molecule has 1 aromatic heterocycles. The molecule has 0 amide bonds. The minimum atomic E-state index is 0.156. The van der Waals surface area contributed by atoms with Gasteiger partial charge in [-0.3, -0.25) is 4.90 Å². The van der Waals surface area contributed by atoms with Crippen LogP contribution in [0.5, 0.6) is 0 Å². The molecule has 0 bridgehead atoms. The van der Waals surface area contributed by atoms with E-state index in [-0.39, 0.29) is 5.54 Å². The summed E-state index contributed by atoms with van der Waals surface area (Å²) < 4.78 is 0. The summed E-state index contributed by atoms with van der Waals surface area (Å²) in [7, 11) is 2.17. The van der Waals surface area contributed by atoms with Crippen molar-refractivity contribution in [1.29, 1.82) is 0 Å². The van der Waals surface area contributed by atoms with Gasteiger partial charge in [0.15, 0.2) is 0 Å². The molecule has 0 aromatic carbocycles. The molecule has 0 spiro atoms. The maximum absolute atomic E-state index is 5.95. The summed E-state index contributed by atoms with van der Waals surface area (Å²) >= 11 is 0. The third-order valence-electron chi connectivity index (χ3n) is 3.93. The Morgan fingerprint density at radius 1 is 1.33 bits per heavy atom. The molecule has 1 aliphatic rings. The largest absolute Gasteiger partial charge is 0.383 e. The van der Waals surface area contributed by atoms with Crippen LogP contribution < -0.4 is 10.6 Å². The first-order valence-electron chi connectivity index (χ1n) is 6.51. The van der Waals surface area contributed by atoms with Crippen LogP contribution in [0.25, 0.3) is 0 Å². The van der Waals surface area contributed by atoms with Crippen molar-refractivity contribution in [3.05, 3.63) is 11.9 Å². The van der Waals surface area contributed by atoms with Crippen molar-refractivity contribution in [2.45, 2.75) is 32.7 Å². The number of hydrogen-bond donors (Lipinski definition) is 1. The molecule has 0 saturated carbocycles. The van der Waals surface area contributed by atoms with Crippen LogP contribution in [0.15, 0.2) is 6.33 Å². The number of piperazine rings is 1. The molecule has 100 valence electrons. The van der Waals surface area contributed by atoms with Gasteiger partial charge in [0.25, 0.3) is 0 Å². The highest BCUT2D eigenvalue weighted by atomic mass is 15.3. The van der Waals surface area contributed by atoms with E-state index < -0.39 is 0 Å². The fourth-order valence-electron chi connectivity index (χ4n) is 2.45. The lowest BCUT2D eigenvalue weighted by Gasteiger charge is -2.46. The predicted molar refractivity (Wildman–Crippen MR) is 74.7 cm³/mol. The Morgan fingerprint density at radius 2 is 2.06 bits per heavy atom. The SMILES string of the molecule is CCc1c(N)ncnc1N1CCN(C)C(C)(C)C1. The van der Waals surface area contributed by atoms with E-state index in [9.17, 15) is 0 Å². The molecular weight excluding hydrogens is 226 g/mol. The van der Waals surface area contributed by atoms with Gasteiger partial charge in [0, 0.05) is 30.7 Å². The average Bonchev–Trinajstić information content (AvgIpc) is 2.32. The van der Waals surface area contributed by atoms with Gasteiger partial charge < -0.3 is 10.6 Å². The van der Waals surface area contributed by atoms with Gasteiger partial charge in [0.1, 0.15) is 18.0 Å². The lowest BCUT2D eigenvalue weighted by molar-refractivity contribution is 0.138. The molecule has 5 heteroatoms. The Kier molecular flexibility index (Phi) is 3.43. The van der Waals surface area contributed by atoms with Crippen LogP contribution in [0.3, 0.4) is 0 Å². The van der Waals surface area contributed by atoms with Gasteiger partial charge in [-0.05, 0) is 27.3 Å². The van der Waals surface area contributed by atoms with Gasteiger partial charge in [-0.25, -0.2) is 9.97 Å². The van der Waals surface area contributed by atoms with Gasteiger partial charge in [-0.1, -0.05) is 6.92 Å². The summed E-state index contributed by atoms with van der Waals surface area (Å²) in [6.45, 7) is 9.61. The first kappa shape index (κ1) is 13.1. The van der Waals surface area contributed by atoms with Crippen LogP contribution in [-0.2, 0) is 6.42 Å². The van der Waals surface area contributed by atoms with Crippen LogP contribution in [0.4, 0.5) is 11.6 Å². The zero-order valence-electron chi connectivity index (χ0n) is 11.8. The Labute approximate surface area is 109 Å². The molecular formula is C13H23N5. The number of anilines is 2. The molecule has 5 nitrogen and oxygen atoms in total. The van der Waals surface area contributed by atoms with Crippen molar-refractivity contribution >= 4 is 11.6 Å². The zero-order valence-corrected chi connectivity index (χ0v) is 11.8. The number of aromatic nitrogens is 2. The molecule has 0 unspecified atom stereocenters. The predicted octanol–water partition coefficient (Wildman–Crippen LogP) is 1.15. The van der Waals surface area contributed by atoms with Crippen molar-refractivity contribution in [3.8, 4) is 0 Å². The summed E-state index contributed by atoms with van der Waals surface area (Å²) in [5, 5.41) is 0. The molecule has 1 aromatic rings.